The van der Waals surface area contributed by atoms with Crippen LogP contribution >= 0.6 is 15.9 Å². The minimum absolute atomic E-state index is 0.00602. The van der Waals surface area contributed by atoms with Crippen LogP contribution < -0.4 is 10.6 Å². The van der Waals surface area contributed by atoms with Crippen LogP contribution in [-0.4, -0.2) is 39.7 Å². The first-order valence-corrected chi connectivity index (χ1v) is 12.9. The number of rotatable bonds is 3. The molecule has 0 radical (unpaired) electrons. The molecule has 3 aliphatic rings. The molecule has 0 aromatic carbocycles. The maximum absolute atomic E-state index is 13.3. The fourth-order valence-electron chi connectivity index (χ4n) is 5.06. The van der Waals surface area contributed by atoms with Crippen LogP contribution in [0.4, 0.5) is 11.6 Å². The molecule has 6 rings (SSSR count). The van der Waals surface area contributed by atoms with E-state index < -0.39 is 20.1 Å². The van der Waals surface area contributed by atoms with Gasteiger partial charge in [0, 0.05) is 34.9 Å². The molecule has 4 heterocycles. The molecule has 1 spiro atoms. The summed E-state index contributed by atoms with van der Waals surface area (Å²) in [7, 11) is -3.48. The van der Waals surface area contributed by atoms with Gasteiger partial charge in [0.25, 0.3) is 0 Å². The Morgan fingerprint density at radius 1 is 1.22 bits per heavy atom. The number of nitrogens with zero attached hydrogens (tertiary/aromatic N) is 3. The van der Waals surface area contributed by atoms with E-state index in [9.17, 15) is 8.42 Å². The predicted molar refractivity (Wildman–Crippen MR) is 126 cm³/mol. The summed E-state index contributed by atoms with van der Waals surface area (Å²) < 4.78 is 26.4. The van der Waals surface area contributed by atoms with Crippen molar-refractivity contribution in [2.24, 2.45) is 5.92 Å². The largest absolute Gasteiger partial charge is 0.362 e. The second kappa shape index (κ2) is 6.48. The average molecular weight is 513 g/mol. The van der Waals surface area contributed by atoms with E-state index in [2.05, 4.69) is 41.5 Å². The van der Waals surface area contributed by atoms with Crippen molar-refractivity contribution < 1.29 is 8.42 Å². The lowest BCUT2D eigenvalue weighted by atomic mass is 9.72. The van der Waals surface area contributed by atoms with Gasteiger partial charge in [-0.1, -0.05) is 0 Å². The summed E-state index contributed by atoms with van der Waals surface area (Å²) in [6.45, 7) is 1.71. The van der Waals surface area contributed by atoms with Crippen molar-refractivity contribution in [2.75, 3.05) is 11.1 Å². The molecule has 3 N–H and O–H groups in total. The maximum Gasteiger partial charge on any atom is 0.165 e. The number of sulfone groups is 1. The first-order valence-electron chi connectivity index (χ1n) is 10.5. The topological polar surface area (TPSA) is 121 Å². The van der Waals surface area contributed by atoms with Crippen molar-refractivity contribution in [1.29, 1.82) is 5.41 Å². The fourth-order valence-corrected chi connectivity index (χ4v) is 7.79. The van der Waals surface area contributed by atoms with Crippen LogP contribution in [-0.2, 0) is 21.8 Å². The second-order valence-electron chi connectivity index (χ2n) is 9.14. The average Bonchev–Trinajstić information content (AvgIpc) is 3.58. The summed E-state index contributed by atoms with van der Waals surface area (Å²) in [5, 5.41) is 16.1. The molecule has 3 aromatic rings. The SMILES string of the molecule is C[C@]1(C2CC2)C(=N)N[C@@]2(Cc3cnc(Nc4nccc5cc(Br)cnc45)cc32)CS1(=O)=O. The number of nitrogens with one attached hydrogen (secondary N) is 3. The van der Waals surface area contributed by atoms with E-state index in [4.69, 9.17) is 5.41 Å². The molecule has 8 nitrogen and oxygen atoms in total. The number of aromatic nitrogens is 3. The third kappa shape index (κ3) is 2.75. The molecule has 0 amide bonds. The zero-order valence-electron chi connectivity index (χ0n) is 17.3. The molecule has 1 saturated carbocycles. The number of amidine groups is 1. The number of hydrogen-bond donors (Lipinski definition) is 3. The number of hydrogen-bond acceptors (Lipinski definition) is 7. The van der Waals surface area contributed by atoms with Crippen molar-refractivity contribution in [3.63, 3.8) is 0 Å². The number of fused-ring (bicyclic) bond motifs is 3. The Morgan fingerprint density at radius 2 is 2.03 bits per heavy atom. The quantitative estimate of drug-likeness (QED) is 0.491. The molecular formula is C22H21BrN6O2S. The highest BCUT2D eigenvalue weighted by atomic mass is 79.9. The van der Waals surface area contributed by atoms with Gasteiger partial charge >= 0.3 is 0 Å². The van der Waals surface area contributed by atoms with Crippen molar-refractivity contribution in [3.05, 3.63) is 52.4 Å². The molecule has 0 unspecified atom stereocenters. The molecule has 1 aliphatic heterocycles. The molecule has 3 aromatic heterocycles. The van der Waals surface area contributed by atoms with E-state index in [0.717, 1.165) is 39.3 Å². The Hall–Kier alpha value is -2.59. The molecule has 10 heteroatoms. The minimum Gasteiger partial charge on any atom is -0.362 e. The summed E-state index contributed by atoms with van der Waals surface area (Å²) in [6.07, 6.45) is 7.46. The molecule has 32 heavy (non-hydrogen) atoms. The van der Waals surface area contributed by atoms with Crippen LogP contribution in [0.3, 0.4) is 0 Å². The van der Waals surface area contributed by atoms with Gasteiger partial charge in [-0.25, -0.2) is 18.4 Å². The van der Waals surface area contributed by atoms with E-state index in [1.807, 2.05) is 18.2 Å². The van der Waals surface area contributed by atoms with Crippen molar-refractivity contribution in [1.82, 2.24) is 20.3 Å². The maximum atomic E-state index is 13.3. The summed E-state index contributed by atoms with van der Waals surface area (Å²) in [6, 6.07) is 5.72. The van der Waals surface area contributed by atoms with Crippen LogP contribution in [0, 0.1) is 11.3 Å². The Balaban J connectivity index is 1.35. The zero-order chi connectivity index (χ0) is 22.3. The van der Waals surface area contributed by atoms with E-state index in [0.29, 0.717) is 18.1 Å². The van der Waals surface area contributed by atoms with Gasteiger partial charge in [-0.05, 0) is 70.9 Å². The van der Waals surface area contributed by atoms with Gasteiger partial charge in [0.05, 0.1) is 11.3 Å². The standard InChI is InChI=1S/C22H21BrN6O2S/c1-21(14-2-3-14)20(24)29-22(11-32(21,30)31)8-13-9-26-17(7-16(13)22)28-19-18-12(4-5-25-19)6-15(23)10-27-18/h4-7,9-10,14H,2-3,8,11H2,1H3,(H2,24,29)(H,25,26,28)/t21-,22-/m0/s1. The summed E-state index contributed by atoms with van der Waals surface area (Å²) in [4.78, 5) is 13.4. The number of anilines is 2. The summed E-state index contributed by atoms with van der Waals surface area (Å²) in [5.41, 5.74) is 1.82. The second-order valence-corrected chi connectivity index (χ2v) is 12.4. The monoisotopic (exact) mass is 512 g/mol. The lowest BCUT2D eigenvalue weighted by Gasteiger charge is -2.52. The van der Waals surface area contributed by atoms with Crippen LogP contribution in [0.15, 0.2) is 41.3 Å². The fraction of sp³-hybridized carbons (Fsp3) is 0.364. The molecule has 2 fully saturated rings. The van der Waals surface area contributed by atoms with E-state index in [1.54, 1.807) is 25.5 Å². The lowest BCUT2D eigenvalue weighted by molar-refractivity contribution is 0.349. The van der Waals surface area contributed by atoms with Gasteiger partial charge < -0.3 is 10.6 Å². The normalized spacial score (nSPS) is 28.1. The predicted octanol–water partition coefficient (Wildman–Crippen LogP) is 3.45. The third-order valence-corrected chi connectivity index (χ3v) is 10.2. The van der Waals surface area contributed by atoms with Crippen LogP contribution in [0.5, 0.6) is 0 Å². The molecule has 164 valence electrons. The lowest BCUT2D eigenvalue weighted by Crippen LogP contribution is -2.70. The van der Waals surface area contributed by atoms with Gasteiger partial charge in [0.1, 0.15) is 21.9 Å². The third-order valence-electron chi connectivity index (χ3n) is 7.11. The molecule has 0 bridgehead atoms. The van der Waals surface area contributed by atoms with Gasteiger partial charge in [0.15, 0.2) is 15.7 Å². The highest BCUT2D eigenvalue weighted by Crippen LogP contribution is 2.51. The molecule has 2 atom stereocenters. The van der Waals surface area contributed by atoms with E-state index in [1.165, 1.54) is 0 Å². The minimum atomic E-state index is -3.48. The highest BCUT2D eigenvalue weighted by Gasteiger charge is 2.62. The van der Waals surface area contributed by atoms with Gasteiger partial charge in [-0.3, -0.25) is 10.4 Å². The Kier molecular flexibility index (Phi) is 4.06. The zero-order valence-corrected chi connectivity index (χ0v) is 19.7. The molecule has 2 aliphatic carbocycles. The first-order chi connectivity index (χ1) is 15.2. The Bertz CT molecular complexity index is 1420. The summed E-state index contributed by atoms with van der Waals surface area (Å²) in [5.74, 6) is 1.30. The smallest absolute Gasteiger partial charge is 0.165 e. The van der Waals surface area contributed by atoms with E-state index in [-0.39, 0.29) is 17.5 Å². The van der Waals surface area contributed by atoms with E-state index >= 15 is 0 Å². The van der Waals surface area contributed by atoms with Gasteiger partial charge in [-0.15, -0.1) is 0 Å². The van der Waals surface area contributed by atoms with Crippen molar-refractivity contribution >= 4 is 54.1 Å². The summed E-state index contributed by atoms with van der Waals surface area (Å²) >= 11 is 3.44. The van der Waals surface area contributed by atoms with Crippen LogP contribution in [0.1, 0.15) is 30.9 Å². The molecule has 1 saturated heterocycles. The van der Waals surface area contributed by atoms with Crippen LogP contribution in [0.2, 0.25) is 0 Å². The van der Waals surface area contributed by atoms with Gasteiger partial charge in [-0.2, -0.15) is 0 Å². The highest BCUT2D eigenvalue weighted by molar-refractivity contribution is 9.10. The first kappa shape index (κ1) is 20.0. The Labute approximate surface area is 193 Å². The Morgan fingerprint density at radius 3 is 2.78 bits per heavy atom. The van der Waals surface area contributed by atoms with Crippen molar-refractivity contribution in [2.45, 2.75) is 36.5 Å². The van der Waals surface area contributed by atoms with Crippen molar-refractivity contribution in [3.8, 4) is 0 Å². The van der Waals surface area contributed by atoms with Gasteiger partial charge in [0.2, 0.25) is 0 Å². The molecular weight excluding hydrogens is 492 g/mol. The van der Waals surface area contributed by atoms with Crippen LogP contribution in [0.25, 0.3) is 10.9 Å². The number of pyridine rings is 3. The number of halogens is 1.